The Labute approximate surface area is 90.4 Å². The summed E-state index contributed by atoms with van der Waals surface area (Å²) < 4.78 is 5.46. The molecule has 1 aromatic heterocycles. The summed E-state index contributed by atoms with van der Waals surface area (Å²) in [6.45, 7) is 3.80. The quantitative estimate of drug-likeness (QED) is 0.814. The fourth-order valence-corrected chi connectivity index (χ4v) is 2.36. The first-order valence-corrected chi connectivity index (χ1v) is 5.59. The Bertz CT molecular complexity index is 335. The van der Waals surface area contributed by atoms with Crippen molar-refractivity contribution in [3.05, 3.63) is 17.0 Å². The van der Waals surface area contributed by atoms with Crippen LogP contribution in [-0.4, -0.2) is 30.2 Å². The lowest BCUT2D eigenvalue weighted by Gasteiger charge is -2.17. The highest BCUT2D eigenvalue weighted by Crippen LogP contribution is 2.33. The van der Waals surface area contributed by atoms with Gasteiger partial charge in [-0.15, -0.1) is 0 Å². The maximum atomic E-state index is 5.61. The molecule has 1 unspecified atom stereocenters. The van der Waals surface area contributed by atoms with E-state index in [1.807, 2.05) is 6.92 Å². The molecule has 0 amide bonds. The van der Waals surface area contributed by atoms with Gasteiger partial charge in [0.05, 0.1) is 11.7 Å². The molecule has 1 fully saturated rings. The summed E-state index contributed by atoms with van der Waals surface area (Å²) in [7, 11) is 2.14. The SMILES string of the molecule is Cc1noc(C2CCCN2C)c1CCN. The van der Waals surface area contributed by atoms with Crippen molar-refractivity contribution in [1.82, 2.24) is 10.1 Å². The third kappa shape index (κ3) is 1.92. The van der Waals surface area contributed by atoms with Crippen molar-refractivity contribution >= 4 is 0 Å². The molecule has 2 N–H and O–H groups in total. The Morgan fingerprint density at radius 3 is 3.00 bits per heavy atom. The van der Waals surface area contributed by atoms with E-state index in [1.165, 1.54) is 18.4 Å². The van der Waals surface area contributed by atoms with Gasteiger partial charge < -0.3 is 10.3 Å². The van der Waals surface area contributed by atoms with E-state index in [2.05, 4.69) is 17.1 Å². The maximum absolute atomic E-state index is 5.61. The number of nitrogens with two attached hydrogens (primary N) is 1. The predicted octanol–water partition coefficient (Wildman–Crippen LogP) is 1.25. The zero-order valence-corrected chi connectivity index (χ0v) is 9.49. The smallest absolute Gasteiger partial charge is 0.157 e. The van der Waals surface area contributed by atoms with Crippen LogP contribution >= 0.6 is 0 Å². The minimum Gasteiger partial charge on any atom is -0.359 e. The Balaban J connectivity index is 2.26. The molecule has 1 saturated heterocycles. The van der Waals surface area contributed by atoms with Crippen LogP contribution in [-0.2, 0) is 6.42 Å². The summed E-state index contributed by atoms with van der Waals surface area (Å²) in [4.78, 5) is 2.33. The van der Waals surface area contributed by atoms with Gasteiger partial charge in [0, 0.05) is 5.56 Å². The van der Waals surface area contributed by atoms with Gasteiger partial charge >= 0.3 is 0 Å². The van der Waals surface area contributed by atoms with Crippen LogP contribution in [0.15, 0.2) is 4.52 Å². The molecule has 1 aliphatic heterocycles. The summed E-state index contributed by atoms with van der Waals surface area (Å²) in [5.74, 6) is 1.04. The van der Waals surface area contributed by atoms with Crippen molar-refractivity contribution in [3.8, 4) is 0 Å². The molecule has 2 heterocycles. The summed E-state index contributed by atoms with van der Waals surface area (Å²) in [6.07, 6.45) is 3.28. The van der Waals surface area contributed by atoms with Crippen molar-refractivity contribution in [2.75, 3.05) is 20.1 Å². The normalized spacial score (nSPS) is 22.5. The third-order valence-electron chi connectivity index (χ3n) is 3.23. The van der Waals surface area contributed by atoms with Crippen molar-refractivity contribution in [2.45, 2.75) is 32.2 Å². The number of aromatic nitrogens is 1. The number of hydrogen-bond acceptors (Lipinski definition) is 4. The molecular weight excluding hydrogens is 190 g/mol. The summed E-state index contributed by atoms with van der Waals surface area (Å²) >= 11 is 0. The molecule has 0 aromatic carbocycles. The molecule has 1 aromatic rings. The van der Waals surface area contributed by atoms with Gasteiger partial charge in [0.15, 0.2) is 5.76 Å². The van der Waals surface area contributed by atoms with Crippen LogP contribution in [0.1, 0.15) is 35.9 Å². The Morgan fingerprint density at radius 2 is 2.40 bits per heavy atom. The fraction of sp³-hybridized carbons (Fsp3) is 0.727. The first-order valence-electron chi connectivity index (χ1n) is 5.59. The van der Waals surface area contributed by atoms with Crippen molar-refractivity contribution in [3.63, 3.8) is 0 Å². The number of nitrogens with zero attached hydrogens (tertiary/aromatic N) is 2. The van der Waals surface area contributed by atoms with Gasteiger partial charge in [0.2, 0.25) is 0 Å². The van der Waals surface area contributed by atoms with E-state index in [-0.39, 0.29) is 0 Å². The molecule has 0 spiro atoms. The molecule has 2 rings (SSSR count). The number of rotatable bonds is 3. The van der Waals surface area contributed by atoms with Gasteiger partial charge in [0.1, 0.15) is 0 Å². The number of aryl methyl sites for hydroxylation is 1. The van der Waals surface area contributed by atoms with E-state index in [0.717, 1.165) is 24.4 Å². The molecule has 4 heteroatoms. The van der Waals surface area contributed by atoms with Gasteiger partial charge in [-0.3, -0.25) is 4.90 Å². The summed E-state index contributed by atoms with van der Waals surface area (Å²) in [6, 6.07) is 0.410. The van der Waals surface area contributed by atoms with Crippen LogP contribution in [0.25, 0.3) is 0 Å². The molecule has 1 atom stereocenters. The van der Waals surface area contributed by atoms with E-state index in [4.69, 9.17) is 10.3 Å². The number of hydrogen-bond donors (Lipinski definition) is 1. The molecule has 0 aliphatic carbocycles. The second-order valence-corrected chi connectivity index (χ2v) is 4.29. The third-order valence-corrected chi connectivity index (χ3v) is 3.23. The molecule has 0 saturated carbocycles. The standard InChI is InChI=1S/C11H19N3O/c1-8-9(5-6-12)11(15-13-8)10-4-3-7-14(10)2/h10H,3-7,12H2,1-2H3. The molecule has 15 heavy (non-hydrogen) atoms. The predicted molar refractivity (Wildman–Crippen MR) is 58.6 cm³/mol. The lowest BCUT2D eigenvalue weighted by atomic mass is 10.0. The zero-order valence-electron chi connectivity index (χ0n) is 9.49. The average molecular weight is 209 g/mol. The van der Waals surface area contributed by atoms with E-state index in [9.17, 15) is 0 Å². The van der Waals surface area contributed by atoms with E-state index in [1.54, 1.807) is 0 Å². The van der Waals surface area contributed by atoms with E-state index >= 15 is 0 Å². The lowest BCUT2D eigenvalue weighted by Crippen LogP contribution is -2.18. The minimum absolute atomic E-state index is 0.410. The van der Waals surface area contributed by atoms with Crippen LogP contribution in [0.2, 0.25) is 0 Å². The molecule has 1 aliphatic rings. The fourth-order valence-electron chi connectivity index (χ4n) is 2.36. The van der Waals surface area contributed by atoms with Crippen LogP contribution < -0.4 is 5.73 Å². The van der Waals surface area contributed by atoms with Crippen LogP contribution in [0.3, 0.4) is 0 Å². The zero-order chi connectivity index (χ0) is 10.8. The van der Waals surface area contributed by atoms with Crippen LogP contribution in [0, 0.1) is 6.92 Å². The molecule has 4 nitrogen and oxygen atoms in total. The van der Waals surface area contributed by atoms with E-state index in [0.29, 0.717) is 12.6 Å². The Kier molecular flexibility index (Phi) is 3.07. The molecule has 0 radical (unpaired) electrons. The summed E-state index contributed by atoms with van der Waals surface area (Å²) in [5, 5.41) is 4.06. The molecule has 84 valence electrons. The van der Waals surface area contributed by atoms with Gasteiger partial charge in [-0.2, -0.15) is 0 Å². The highest BCUT2D eigenvalue weighted by Gasteiger charge is 2.29. The van der Waals surface area contributed by atoms with Gasteiger partial charge in [-0.25, -0.2) is 0 Å². The maximum Gasteiger partial charge on any atom is 0.157 e. The van der Waals surface area contributed by atoms with Crippen molar-refractivity contribution < 1.29 is 4.52 Å². The van der Waals surface area contributed by atoms with Crippen LogP contribution in [0.5, 0.6) is 0 Å². The largest absolute Gasteiger partial charge is 0.359 e. The topological polar surface area (TPSA) is 55.3 Å². The van der Waals surface area contributed by atoms with Gasteiger partial charge in [-0.05, 0) is 46.3 Å². The monoisotopic (exact) mass is 209 g/mol. The highest BCUT2D eigenvalue weighted by molar-refractivity contribution is 5.25. The average Bonchev–Trinajstić information content (AvgIpc) is 2.76. The summed E-state index contributed by atoms with van der Waals surface area (Å²) in [5.41, 5.74) is 7.82. The number of likely N-dealkylation sites (tertiary alicyclic amines) is 1. The van der Waals surface area contributed by atoms with Crippen molar-refractivity contribution in [2.24, 2.45) is 5.73 Å². The minimum atomic E-state index is 0.410. The van der Waals surface area contributed by atoms with Crippen LogP contribution in [0.4, 0.5) is 0 Å². The van der Waals surface area contributed by atoms with E-state index < -0.39 is 0 Å². The second kappa shape index (κ2) is 4.33. The second-order valence-electron chi connectivity index (χ2n) is 4.29. The Hall–Kier alpha value is -0.870. The van der Waals surface area contributed by atoms with Crippen molar-refractivity contribution in [1.29, 1.82) is 0 Å². The van der Waals surface area contributed by atoms with Gasteiger partial charge in [-0.1, -0.05) is 5.16 Å². The first kappa shape index (κ1) is 10.6. The highest BCUT2D eigenvalue weighted by atomic mass is 16.5. The lowest BCUT2D eigenvalue weighted by molar-refractivity contribution is 0.249. The molecule has 0 bridgehead atoms. The molecular formula is C11H19N3O. The first-order chi connectivity index (χ1) is 7.24. The van der Waals surface area contributed by atoms with Gasteiger partial charge in [0.25, 0.3) is 0 Å². The Morgan fingerprint density at radius 1 is 1.60 bits per heavy atom.